The van der Waals surface area contributed by atoms with Crippen molar-refractivity contribution in [2.24, 2.45) is 0 Å². The molecular weight excluding hydrogens is 300 g/mol. The Bertz CT molecular complexity index is 781. The highest BCUT2D eigenvalue weighted by molar-refractivity contribution is 6.07. The zero-order valence-electron chi connectivity index (χ0n) is 14.3. The smallest absolute Gasteiger partial charge is 0.236 e. The Labute approximate surface area is 142 Å². The number of nitrogens with one attached hydrogen (secondary N) is 1. The van der Waals surface area contributed by atoms with Crippen molar-refractivity contribution in [1.29, 1.82) is 0 Å². The third kappa shape index (κ3) is 2.92. The number of rotatable bonds is 4. The van der Waals surface area contributed by atoms with Gasteiger partial charge in [-0.05, 0) is 36.6 Å². The highest BCUT2D eigenvalue weighted by Gasteiger charge is 2.42. The van der Waals surface area contributed by atoms with Gasteiger partial charge in [-0.25, -0.2) is 0 Å². The second kappa shape index (κ2) is 6.11. The van der Waals surface area contributed by atoms with Crippen molar-refractivity contribution in [3.63, 3.8) is 0 Å². The van der Waals surface area contributed by atoms with Crippen LogP contribution in [0.1, 0.15) is 30.5 Å². The number of likely N-dealkylation sites (N-methyl/N-ethyl adjacent to an activating group) is 1. The standard InChI is InChI=1S/C20H22N2O2/c1-20(2)16-11-15(9-10-17(16)22(3)19(20)24)13-21-18(23)12-14-7-5-4-6-8-14/h4-11H,12-13H2,1-3H3,(H,21,23). The number of hydrogen-bond donors (Lipinski definition) is 1. The van der Waals surface area contributed by atoms with Crippen LogP contribution in [0.5, 0.6) is 0 Å². The van der Waals surface area contributed by atoms with E-state index in [9.17, 15) is 9.59 Å². The molecule has 24 heavy (non-hydrogen) atoms. The summed E-state index contributed by atoms with van der Waals surface area (Å²) in [4.78, 5) is 26.1. The Balaban J connectivity index is 1.68. The van der Waals surface area contributed by atoms with Crippen LogP contribution in [-0.2, 0) is 28.0 Å². The summed E-state index contributed by atoms with van der Waals surface area (Å²) in [6.45, 7) is 4.35. The lowest BCUT2D eigenvalue weighted by Gasteiger charge is -2.16. The van der Waals surface area contributed by atoms with Gasteiger partial charge in [0.2, 0.25) is 11.8 Å². The molecular formula is C20H22N2O2. The average molecular weight is 322 g/mol. The Kier molecular flexibility index (Phi) is 4.14. The number of carbonyl (C=O) groups is 2. The van der Waals surface area contributed by atoms with Crippen molar-refractivity contribution >= 4 is 17.5 Å². The van der Waals surface area contributed by atoms with E-state index in [0.717, 1.165) is 22.4 Å². The summed E-state index contributed by atoms with van der Waals surface area (Å²) < 4.78 is 0. The maximum absolute atomic E-state index is 12.3. The fourth-order valence-electron chi connectivity index (χ4n) is 3.17. The molecule has 0 aromatic heterocycles. The number of nitrogens with zero attached hydrogens (tertiary/aromatic N) is 1. The fourth-order valence-corrected chi connectivity index (χ4v) is 3.17. The number of benzene rings is 2. The maximum Gasteiger partial charge on any atom is 0.236 e. The van der Waals surface area contributed by atoms with Crippen molar-refractivity contribution < 1.29 is 9.59 Å². The maximum atomic E-state index is 12.3. The van der Waals surface area contributed by atoms with E-state index in [1.165, 1.54) is 0 Å². The largest absolute Gasteiger partial charge is 0.352 e. The summed E-state index contributed by atoms with van der Waals surface area (Å²) in [5.74, 6) is 0.0944. The van der Waals surface area contributed by atoms with Crippen molar-refractivity contribution in [2.45, 2.75) is 32.2 Å². The Morgan fingerprint density at radius 1 is 1.08 bits per heavy atom. The van der Waals surface area contributed by atoms with Gasteiger partial charge < -0.3 is 10.2 Å². The van der Waals surface area contributed by atoms with Gasteiger partial charge in [0, 0.05) is 19.3 Å². The number of hydrogen-bond acceptors (Lipinski definition) is 2. The first-order valence-corrected chi connectivity index (χ1v) is 8.12. The third-order valence-electron chi connectivity index (χ3n) is 4.63. The second-order valence-corrected chi connectivity index (χ2v) is 6.78. The van der Waals surface area contributed by atoms with Crippen LogP contribution in [0, 0.1) is 0 Å². The first-order chi connectivity index (χ1) is 11.4. The molecule has 0 saturated heterocycles. The number of amides is 2. The highest BCUT2D eigenvalue weighted by atomic mass is 16.2. The van der Waals surface area contributed by atoms with E-state index < -0.39 is 5.41 Å². The monoisotopic (exact) mass is 322 g/mol. The first-order valence-electron chi connectivity index (χ1n) is 8.12. The van der Waals surface area contributed by atoms with E-state index in [-0.39, 0.29) is 11.8 Å². The second-order valence-electron chi connectivity index (χ2n) is 6.78. The molecule has 0 radical (unpaired) electrons. The van der Waals surface area contributed by atoms with Crippen molar-refractivity contribution in [3.8, 4) is 0 Å². The number of fused-ring (bicyclic) bond motifs is 1. The molecule has 1 N–H and O–H groups in total. The zero-order chi connectivity index (χ0) is 17.3. The summed E-state index contributed by atoms with van der Waals surface area (Å²) in [5, 5.41) is 2.95. The predicted octanol–water partition coefficient (Wildman–Crippen LogP) is 2.80. The summed E-state index contributed by atoms with van der Waals surface area (Å²) in [6, 6.07) is 15.6. The molecule has 0 saturated carbocycles. The molecule has 2 aromatic carbocycles. The molecule has 124 valence electrons. The van der Waals surface area contributed by atoms with Crippen molar-refractivity contribution in [3.05, 3.63) is 65.2 Å². The molecule has 0 atom stereocenters. The summed E-state index contributed by atoms with van der Waals surface area (Å²) >= 11 is 0. The average Bonchev–Trinajstić information content (AvgIpc) is 2.75. The van der Waals surface area contributed by atoms with Crippen LogP contribution in [0.2, 0.25) is 0 Å². The van der Waals surface area contributed by atoms with Gasteiger partial charge in [0.15, 0.2) is 0 Å². The zero-order valence-corrected chi connectivity index (χ0v) is 14.3. The van der Waals surface area contributed by atoms with Gasteiger partial charge in [-0.3, -0.25) is 9.59 Å². The predicted molar refractivity (Wildman–Crippen MR) is 94.9 cm³/mol. The van der Waals surface area contributed by atoms with E-state index in [2.05, 4.69) is 5.32 Å². The topological polar surface area (TPSA) is 49.4 Å². The highest BCUT2D eigenvalue weighted by Crippen LogP contribution is 2.40. The van der Waals surface area contributed by atoms with Crippen molar-refractivity contribution in [1.82, 2.24) is 5.32 Å². The number of carbonyl (C=O) groups excluding carboxylic acids is 2. The molecule has 4 nitrogen and oxygen atoms in total. The number of anilines is 1. The van der Waals surface area contributed by atoms with Gasteiger partial charge >= 0.3 is 0 Å². The van der Waals surface area contributed by atoms with Crippen LogP contribution < -0.4 is 10.2 Å². The van der Waals surface area contributed by atoms with Crippen LogP contribution in [-0.4, -0.2) is 18.9 Å². The van der Waals surface area contributed by atoms with E-state index >= 15 is 0 Å². The molecule has 4 heteroatoms. The summed E-state index contributed by atoms with van der Waals surface area (Å²) in [7, 11) is 1.80. The molecule has 2 amide bonds. The third-order valence-corrected chi connectivity index (χ3v) is 4.63. The van der Waals surface area contributed by atoms with Crippen LogP contribution >= 0.6 is 0 Å². The van der Waals surface area contributed by atoms with Gasteiger partial charge in [-0.2, -0.15) is 0 Å². The molecule has 0 spiro atoms. The fraction of sp³-hybridized carbons (Fsp3) is 0.300. The molecule has 2 aromatic rings. The van der Waals surface area contributed by atoms with Gasteiger partial charge in [0.1, 0.15) is 0 Å². The molecule has 1 aliphatic heterocycles. The van der Waals surface area contributed by atoms with Gasteiger partial charge in [0.05, 0.1) is 11.8 Å². The van der Waals surface area contributed by atoms with Crippen LogP contribution in [0.25, 0.3) is 0 Å². The van der Waals surface area contributed by atoms with Crippen LogP contribution in [0.4, 0.5) is 5.69 Å². The first kappa shape index (κ1) is 16.2. The van der Waals surface area contributed by atoms with E-state index in [4.69, 9.17) is 0 Å². The quantitative estimate of drug-likeness (QED) is 0.941. The minimum atomic E-state index is -0.520. The minimum Gasteiger partial charge on any atom is -0.352 e. The van der Waals surface area contributed by atoms with E-state index in [1.54, 1.807) is 11.9 Å². The van der Waals surface area contributed by atoms with E-state index in [1.807, 2.05) is 62.4 Å². The van der Waals surface area contributed by atoms with Crippen LogP contribution in [0.15, 0.2) is 48.5 Å². The lowest BCUT2D eigenvalue weighted by molar-refractivity contribution is -0.122. The van der Waals surface area contributed by atoms with Crippen molar-refractivity contribution in [2.75, 3.05) is 11.9 Å². The van der Waals surface area contributed by atoms with E-state index in [0.29, 0.717) is 13.0 Å². The molecule has 0 unspecified atom stereocenters. The molecule has 3 rings (SSSR count). The Morgan fingerprint density at radius 2 is 1.79 bits per heavy atom. The summed E-state index contributed by atoms with van der Waals surface area (Å²) in [5.41, 5.74) is 3.45. The van der Waals surface area contributed by atoms with Gasteiger partial charge in [-0.15, -0.1) is 0 Å². The summed E-state index contributed by atoms with van der Waals surface area (Å²) in [6.07, 6.45) is 0.374. The Hall–Kier alpha value is -2.62. The molecule has 0 aliphatic carbocycles. The van der Waals surface area contributed by atoms with Crippen LogP contribution in [0.3, 0.4) is 0 Å². The van der Waals surface area contributed by atoms with Gasteiger partial charge in [-0.1, -0.05) is 42.5 Å². The molecule has 1 aliphatic rings. The Morgan fingerprint density at radius 3 is 2.50 bits per heavy atom. The molecule has 0 fully saturated rings. The normalized spacial score (nSPS) is 15.3. The minimum absolute atomic E-state index is 0.00541. The van der Waals surface area contributed by atoms with Gasteiger partial charge in [0.25, 0.3) is 0 Å². The lowest BCUT2D eigenvalue weighted by atomic mass is 9.85. The molecule has 1 heterocycles. The SMILES string of the molecule is CN1C(=O)C(C)(C)c2cc(CNC(=O)Cc3ccccc3)ccc21. The molecule has 0 bridgehead atoms. The lowest BCUT2D eigenvalue weighted by Crippen LogP contribution is -2.33.